The van der Waals surface area contributed by atoms with Crippen LogP contribution in [0, 0.1) is 0 Å². The predicted molar refractivity (Wildman–Crippen MR) is 92.0 cm³/mol. The van der Waals surface area contributed by atoms with Gasteiger partial charge in [-0.3, -0.25) is 0 Å². The largest absolute Gasteiger partial charge is 0.496 e. The van der Waals surface area contributed by atoms with Crippen molar-refractivity contribution in [2.75, 3.05) is 13.7 Å². The lowest BCUT2D eigenvalue weighted by molar-refractivity contribution is 0.408. The Balaban J connectivity index is 1.49. The molecule has 0 unspecified atom stereocenters. The third-order valence-corrected chi connectivity index (χ3v) is 3.80. The number of hydrogen-bond acceptors (Lipinski definition) is 3. The summed E-state index contributed by atoms with van der Waals surface area (Å²) >= 11 is 0. The minimum absolute atomic E-state index is 0.815. The highest BCUT2D eigenvalue weighted by Gasteiger charge is 2.01. The van der Waals surface area contributed by atoms with Crippen LogP contribution in [0.15, 0.2) is 67.0 Å². The Labute approximate surface area is 136 Å². The molecule has 0 saturated heterocycles. The summed E-state index contributed by atoms with van der Waals surface area (Å²) in [5, 5.41) is 7.70. The van der Waals surface area contributed by atoms with Crippen molar-refractivity contribution in [3.63, 3.8) is 0 Å². The molecule has 0 amide bonds. The van der Waals surface area contributed by atoms with Crippen LogP contribution < -0.4 is 10.1 Å². The molecule has 118 valence electrons. The summed E-state index contributed by atoms with van der Waals surface area (Å²) in [5.41, 5.74) is 3.58. The van der Waals surface area contributed by atoms with Gasteiger partial charge in [0.15, 0.2) is 0 Å². The van der Waals surface area contributed by atoms with Crippen LogP contribution in [-0.2, 0) is 13.0 Å². The molecular weight excluding hydrogens is 286 g/mol. The molecule has 0 bridgehead atoms. The van der Waals surface area contributed by atoms with E-state index in [0.29, 0.717) is 0 Å². The summed E-state index contributed by atoms with van der Waals surface area (Å²) in [4.78, 5) is 0. The zero-order valence-corrected chi connectivity index (χ0v) is 13.3. The molecule has 1 N–H and O–H groups in total. The van der Waals surface area contributed by atoms with Gasteiger partial charge in [0.1, 0.15) is 5.75 Å². The van der Waals surface area contributed by atoms with Gasteiger partial charge in [0.25, 0.3) is 0 Å². The number of nitrogens with zero attached hydrogens (tertiary/aromatic N) is 2. The lowest BCUT2D eigenvalue weighted by Crippen LogP contribution is -2.17. The minimum atomic E-state index is 0.815. The smallest absolute Gasteiger partial charge is 0.123 e. The molecule has 4 nitrogen and oxygen atoms in total. The number of aromatic nitrogens is 2. The third kappa shape index (κ3) is 3.99. The molecule has 0 atom stereocenters. The second kappa shape index (κ2) is 7.61. The predicted octanol–water partition coefficient (Wildman–Crippen LogP) is 3.21. The molecule has 0 saturated carbocycles. The van der Waals surface area contributed by atoms with Gasteiger partial charge in [0, 0.05) is 24.5 Å². The van der Waals surface area contributed by atoms with E-state index in [1.807, 2.05) is 35.1 Å². The fourth-order valence-corrected chi connectivity index (χ4v) is 2.54. The molecule has 0 fully saturated rings. The van der Waals surface area contributed by atoms with Crippen LogP contribution in [0.5, 0.6) is 5.75 Å². The summed E-state index contributed by atoms with van der Waals surface area (Å²) in [6.45, 7) is 1.74. The van der Waals surface area contributed by atoms with Gasteiger partial charge in [-0.05, 0) is 42.8 Å². The first kappa shape index (κ1) is 15.3. The highest BCUT2D eigenvalue weighted by atomic mass is 16.5. The van der Waals surface area contributed by atoms with E-state index in [4.69, 9.17) is 4.74 Å². The van der Waals surface area contributed by atoms with E-state index in [1.165, 1.54) is 11.1 Å². The molecule has 0 aliphatic rings. The monoisotopic (exact) mass is 307 g/mol. The fraction of sp³-hybridized carbons (Fsp3) is 0.211. The van der Waals surface area contributed by atoms with Gasteiger partial charge in [-0.2, -0.15) is 5.10 Å². The molecule has 0 spiro atoms. The molecule has 1 heterocycles. The average Bonchev–Trinajstić information content (AvgIpc) is 3.14. The standard InChI is InChI=1S/C19H21N3O/c1-23-19-6-3-2-5-17(19)15-20-13-11-16-7-9-18(10-8-16)22-14-4-12-21-22/h2-10,12,14,20H,11,13,15H2,1H3. The first-order valence-corrected chi connectivity index (χ1v) is 7.78. The van der Waals surface area contributed by atoms with E-state index in [2.05, 4.69) is 40.7 Å². The number of para-hydroxylation sites is 1. The lowest BCUT2D eigenvalue weighted by Gasteiger charge is -2.09. The van der Waals surface area contributed by atoms with Crippen molar-refractivity contribution in [2.24, 2.45) is 0 Å². The van der Waals surface area contributed by atoms with Crippen molar-refractivity contribution in [3.05, 3.63) is 78.1 Å². The number of rotatable bonds is 7. The number of benzene rings is 2. The Morgan fingerprint density at radius 2 is 1.87 bits per heavy atom. The van der Waals surface area contributed by atoms with Gasteiger partial charge < -0.3 is 10.1 Å². The number of hydrogen-bond donors (Lipinski definition) is 1. The molecule has 2 aromatic carbocycles. The zero-order valence-electron chi connectivity index (χ0n) is 13.3. The van der Waals surface area contributed by atoms with E-state index >= 15 is 0 Å². The van der Waals surface area contributed by atoms with E-state index in [0.717, 1.165) is 30.9 Å². The number of methoxy groups -OCH3 is 1. The van der Waals surface area contributed by atoms with Crippen LogP contribution in [0.25, 0.3) is 5.69 Å². The highest BCUT2D eigenvalue weighted by Crippen LogP contribution is 2.16. The molecule has 3 aromatic rings. The summed E-state index contributed by atoms with van der Waals surface area (Å²) in [7, 11) is 1.71. The Hall–Kier alpha value is -2.59. The second-order valence-corrected chi connectivity index (χ2v) is 5.36. The lowest BCUT2D eigenvalue weighted by atomic mass is 10.1. The Kier molecular flexibility index (Phi) is 5.06. The van der Waals surface area contributed by atoms with Gasteiger partial charge >= 0.3 is 0 Å². The van der Waals surface area contributed by atoms with Crippen molar-refractivity contribution in [3.8, 4) is 11.4 Å². The first-order valence-electron chi connectivity index (χ1n) is 7.78. The van der Waals surface area contributed by atoms with Crippen molar-refractivity contribution in [1.82, 2.24) is 15.1 Å². The Bertz CT molecular complexity index is 721. The van der Waals surface area contributed by atoms with E-state index < -0.39 is 0 Å². The van der Waals surface area contributed by atoms with Crippen molar-refractivity contribution in [1.29, 1.82) is 0 Å². The maximum Gasteiger partial charge on any atom is 0.123 e. The quantitative estimate of drug-likeness (QED) is 0.681. The van der Waals surface area contributed by atoms with Gasteiger partial charge in [0.2, 0.25) is 0 Å². The highest BCUT2D eigenvalue weighted by molar-refractivity contribution is 5.34. The number of nitrogens with one attached hydrogen (secondary N) is 1. The van der Waals surface area contributed by atoms with Gasteiger partial charge in [-0.25, -0.2) is 4.68 Å². The minimum Gasteiger partial charge on any atom is -0.496 e. The molecule has 0 radical (unpaired) electrons. The SMILES string of the molecule is COc1ccccc1CNCCc1ccc(-n2cccn2)cc1. The van der Waals surface area contributed by atoms with Crippen LogP contribution >= 0.6 is 0 Å². The van der Waals surface area contributed by atoms with Crippen molar-refractivity contribution in [2.45, 2.75) is 13.0 Å². The van der Waals surface area contributed by atoms with E-state index in [9.17, 15) is 0 Å². The van der Waals surface area contributed by atoms with Gasteiger partial charge in [-0.1, -0.05) is 30.3 Å². The molecule has 3 rings (SSSR count). The molecule has 0 aliphatic carbocycles. The molecule has 4 heteroatoms. The third-order valence-electron chi connectivity index (χ3n) is 3.80. The van der Waals surface area contributed by atoms with Crippen LogP contribution in [0.1, 0.15) is 11.1 Å². The maximum absolute atomic E-state index is 5.36. The Morgan fingerprint density at radius 3 is 2.61 bits per heavy atom. The first-order chi connectivity index (χ1) is 11.4. The van der Waals surface area contributed by atoms with Crippen LogP contribution in [0.2, 0.25) is 0 Å². The zero-order chi connectivity index (χ0) is 15.9. The molecule has 1 aromatic heterocycles. The molecule has 0 aliphatic heterocycles. The number of ether oxygens (including phenoxy) is 1. The van der Waals surface area contributed by atoms with Crippen LogP contribution in [0.4, 0.5) is 0 Å². The van der Waals surface area contributed by atoms with Gasteiger partial charge in [-0.15, -0.1) is 0 Å². The van der Waals surface area contributed by atoms with E-state index in [-0.39, 0.29) is 0 Å². The average molecular weight is 307 g/mol. The Morgan fingerprint density at radius 1 is 1.04 bits per heavy atom. The molecule has 23 heavy (non-hydrogen) atoms. The summed E-state index contributed by atoms with van der Waals surface area (Å²) < 4.78 is 7.23. The van der Waals surface area contributed by atoms with Gasteiger partial charge in [0.05, 0.1) is 12.8 Å². The van der Waals surface area contributed by atoms with Crippen molar-refractivity contribution < 1.29 is 4.74 Å². The topological polar surface area (TPSA) is 39.1 Å². The normalized spacial score (nSPS) is 10.7. The summed E-state index contributed by atoms with van der Waals surface area (Å²) in [6, 6.07) is 18.5. The maximum atomic E-state index is 5.36. The van der Waals surface area contributed by atoms with Crippen LogP contribution in [0.3, 0.4) is 0 Å². The van der Waals surface area contributed by atoms with E-state index in [1.54, 1.807) is 13.3 Å². The summed E-state index contributed by atoms with van der Waals surface area (Å²) in [6.07, 6.45) is 4.73. The fourth-order valence-electron chi connectivity index (χ4n) is 2.54. The molecular formula is C19H21N3O. The summed E-state index contributed by atoms with van der Waals surface area (Å²) in [5.74, 6) is 0.934. The van der Waals surface area contributed by atoms with Crippen molar-refractivity contribution >= 4 is 0 Å². The second-order valence-electron chi connectivity index (χ2n) is 5.36. The van der Waals surface area contributed by atoms with Crippen LogP contribution in [-0.4, -0.2) is 23.4 Å².